The minimum atomic E-state index is -4.33. The standard InChI is InChI=1S/C22H17ClN2O5S/c23-12-9-10-15-14(11-12)22(21(27)25-15)18-16(26)7-4-8-17(18)30-20(24)19(22)31(28,29)13-5-2-1-3-6-13/h1-3,5-6,9-11H,4,7-8,24H2,(H,25,27). The molecule has 2 aliphatic heterocycles. The van der Waals surface area contributed by atoms with E-state index in [1.807, 2.05) is 0 Å². The number of benzene rings is 2. The number of allylic oxidation sites excluding steroid dienone is 1. The van der Waals surface area contributed by atoms with Gasteiger partial charge in [-0.25, -0.2) is 8.42 Å². The van der Waals surface area contributed by atoms with Crippen LogP contribution in [-0.2, 0) is 29.6 Å². The van der Waals surface area contributed by atoms with E-state index in [-0.39, 0.29) is 34.0 Å². The Kier molecular flexibility index (Phi) is 4.29. The number of halogens is 1. The molecule has 9 heteroatoms. The summed E-state index contributed by atoms with van der Waals surface area (Å²) in [4.78, 5) is 26.2. The van der Waals surface area contributed by atoms with Gasteiger partial charge in [0.15, 0.2) is 5.78 Å². The number of sulfone groups is 1. The minimum Gasteiger partial charge on any atom is -0.444 e. The normalized spacial score (nSPS) is 22.9. The SMILES string of the molecule is NC1=C(S(=O)(=O)c2ccccc2)C2(C(=O)Nc3ccc(Cl)cc32)C2=C(CCCC2=O)O1. The Morgan fingerprint density at radius 2 is 1.81 bits per heavy atom. The number of Topliss-reactive ketones (excluding diaryl/α,β-unsaturated/α-hetero) is 1. The Labute approximate surface area is 183 Å². The molecule has 2 aromatic carbocycles. The van der Waals surface area contributed by atoms with Crippen molar-refractivity contribution in [3.63, 3.8) is 0 Å². The number of rotatable bonds is 2. The van der Waals surface area contributed by atoms with Gasteiger partial charge >= 0.3 is 0 Å². The average Bonchev–Trinajstić information content (AvgIpc) is 3.00. The van der Waals surface area contributed by atoms with Crippen LogP contribution in [0.3, 0.4) is 0 Å². The lowest BCUT2D eigenvalue weighted by Crippen LogP contribution is -2.48. The number of nitrogens with two attached hydrogens (primary N) is 1. The van der Waals surface area contributed by atoms with Gasteiger partial charge in [0.2, 0.25) is 21.6 Å². The lowest BCUT2D eigenvalue weighted by molar-refractivity contribution is -0.123. The molecule has 1 atom stereocenters. The van der Waals surface area contributed by atoms with Gasteiger partial charge in [-0.3, -0.25) is 9.59 Å². The molecule has 0 radical (unpaired) electrons. The fraction of sp³-hybridized carbons (Fsp3) is 0.182. The lowest BCUT2D eigenvalue weighted by Gasteiger charge is -2.38. The van der Waals surface area contributed by atoms with Crippen LogP contribution in [0.15, 0.2) is 75.5 Å². The van der Waals surface area contributed by atoms with Crippen LogP contribution < -0.4 is 11.1 Å². The zero-order valence-electron chi connectivity index (χ0n) is 16.1. The molecule has 0 fully saturated rings. The molecule has 1 aliphatic carbocycles. The van der Waals surface area contributed by atoms with Crippen LogP contribution in [0.2, 0.25) is 5.02 Å². The number of carbonyl (C=O) groups excluding carboxylic acids is 2. The number of hydrogen-bond acceptors (Lipinski definition) is 6. The van der Waals surface area contributed by atoms with E-state index in [2.05, 4.69) is 5.32 Å². The maximum Gasteiger partial charge on any atom is 0.245 e. The number of ether oxygens (including phenoxy) is 1. The predicted octanol–water partition coefficient (Wildman–Crippen LogP) is 3.17. The molecule has 1 amide bonds. The van der Waals surface area contributed by atoms with Gasteiger partial charge in [0, 0.05) is 29.1 Å². The zero-order valence-corrected chi connectivity index (χ0v) is 17.7. The van der Waals surface area contributed by atoms with Gasteiger partial charge in [0.05, 0.1) is 10.5 Å². The molecule has 0 saturated carbocycles. The minimum absolute atomic E-state index is 0.0148. The fourth-order valence-electron chi connectivity index (χ4n) is 4.61. The van der Waals surface area contributed by atoms with E-state index in [0.717, 1.165) is 0 Å². The molecule has 3 aliphatic rings. The third kappa shape index (κ3) is 2.61. The largest absolute Gasteiger partial charge is 0.444 e. The van der Waals surface area contributed by atoms with Crippen LogP contribution in [0.25, 0.3) is 0 Å². The van der Waals surface area contributed by atoms with Crippen molar-refractivity contribution in [3.05, 3.63) is 81.2 Å². The van der Waals surface area contributed by atoms with E-state index in [9.17, 15) is 18.0 Å². The van der Waals surface area contributed by atoms with Crippen LogP contribution in [-0.4, -0.2) is 20.1 Å². The van der Waals surface area contributed by atoms with Crippen LogP contribution in [0, 0.1) is 0 Å². The molecule has 2 heterocycles. The van der Waals surface area contributed by atoms with Crippen molar-refractivity contribution in [2.45, 2.75) is 29.6 Å². The summed E-state index contributed by atoms with van der Waals surface area (Å²) in [6.07, 6.45) is 1.06. The molecule has 158 valence electrons. The molecule has 1 spiro atoms. The molecule has 1 unspecified atom stereocenters. The Balaban J connectivity index is 1.91. The molecule has 0 aromatic heterocycles. The summed E-state index contributed by atoms with van der Waals surface area (Å²) < 4.78 is 33.3. The van der Waals surface area contributed by atoms with E-state index in [1.54, 1.807) is 30.3 Å². The average molecular weight is 457 g/mol. The van der Waals surface area contributed by atoms with Crippen LogP contribution in [0.5, 0.6) is 0 Å². The highest BCUT2D eigenvalue weighted by molar-refractivity contribution is 7.95. The Hall–Kier alpha value is -3.10. The summed E-state index contributed by atoms with van der Waals surface area (Å²) in [6, 6.07) is 12.3. The number of anilines is 1. The van der Waals surface area contributed by atoms with Crippen LogP contribution in [0.4, 0.5) is 5.69 Å². The monoisotopic (exact) mass is 456 g/mol. The van der Waals surface area contributed by atoms with Gasteiger partial charge in [0.1, 0.15) is 16.1 Å². The molecular weight excluding hydrogens is 440 g/mol. The van der Waals surface area contributed by atoms with Crippen molar-refractivity contribution in [1.82, 2.24) is 0 Å². The first-order chi connectivity index (χ1) is 14.8. The Bertz CT molecular complexity index is 1330. The van der Waals surface area contributed by atoms with E-state index in [1.165, 1.54) is 18.2 Å². The van der Waals surface area contributed by atoms with E-state index in [0.29, 0.717) is 23.6 Å². The molecule has 0 saturated heterocycles. The highest BCUT2D eigenvalue weighted by Crippen LogP contribution is 2.56. The summed E-state index contributed by atoms with van der Waals surface area (Å²) >= 11 is 6.23. The van der Waals surface area contributed by atoms with E-state index < -0.39 is 31.9 Å². The highest BCUT2D eigenvalue weighted by Gasteiger charge is 2.63. The topological polar surface area (TPSA) is 116 Å². The molecule has 31 heavy (non-hydrogen) atoms. The summed E-state index contributed by atoms with van der Waals surface area (Å²) in [5, 5.41) is 3.01. The van der Waals surface area contributed by atoms with Crippen molar-refractivity contribution < 1.29 is 22.7 Å². The summed E-state index contributed by atoms with van der Waals surface area (Å²) in [6.45, 7) is 0. The van der Waals surface area contributed by atoms with Gasteiger partial charge in [-0.05, 0) is 36.8 Å². The third-order valence-electron chi connectivity index (χ3n) is 5.83. The second-order valence-corrected chi connectivity index (χ2v) is 9.90. The first-order valence-corrected chi connectivity index (χ1v) is 11.5. The number of nitrogens with one attached hydrogen (secondary N) is 1. The highest BCUT2D eigenvalue weighted by atomic mass is 35.5. The second kappa shape index (κ2) is 6.70. The fourth-order valence-corrected chi connectivity index (χ4v) is 6.55. The first kappa shape index (κ1) is 19.8. The van der Waals surface area contributed by atoms with Crippen molar-refractivity contribution in [2.24, 2.45) is 5.73 Å². The summed E-state index contributed by atoms with van der Waals surface area (Å²) in [5.41, 5.74) is 4.88. The van der Waals surface area contributed by atoms with Crippen molar-refractivity contribution in [3.8, 4) is 0 Å². The molecule has 3 N–H and O–H groups in total. The van der Waals surface area contributed by atoms with Crippen LogP contribution in [0.1, 0.15) is 24.8 Å². The maximum atomic E-state index is 13.8. The lowest BCUT2D eigenvalue weighted by atomic mass is 9.69. The first-order valence-electron chi connectivity index (χ1n) is 9.64. The predicted molar refractivity (Wildman–Crippen MR) is 114 cm³/mol. The van der Waals surface area contributed by atoms with Crippen molar-refractivity contribution in [1.29, 1.82) is 0 Å². The summed E-state index contributed by atoms with van der Waals surface area (Å²) in [5.74, 6) is -1.21. The Morgan fingerprint density at radius 1 is 1.06 bits per heavy atom. The van der Waals surface area contributed by atoms with Crippen molar-refractivity contribution in [2.75, 3.05) is 5.32 Å². The van der Waals surface area contributed by atoms with Gasteiger partial charge < -0.3 is 15.8 Å². The Morgan fingerprint density at radius 3 is 2.55 bits per heavy atom. The number of fused-ring (bicyclic) bond motifs is 3. The molecule has 0 bridgehead atoms. The summed E-state index contributed by atoms with van der Waals surface area (Å²) in [7, 11) is -4.33. The smallest absolute Gasteiger partial charge is 0.245 e. The zero-order chi connectivity index (χ0) is 22.0. The molecule has 7 nitrogen and oxygen atoms in total. The van der Waals surface area contributed by atoms with Gasteiger partial charge in [-0.1, -0.05) is 29.8 Å². The van der Waals surface area contributed by atoms with Crippen molar-refractivity contribution >= 4 is 38.8 Å². The van der Waals surface area contributed by atoms with E-state index >= 15 is 0 Å². The molecular formula is C22H17ClN2O5S. The third-order valence-corrected chi connectivity index (χ3v) is 8.01. The van der Waals surface area contributed by atoms with Gasteiger partial charge in [-0.15, -0.1) is 0 Å². The number of hydrogen-bond donors (Lipinski definition) is 2. The maximum absolute atomic E-state index is 13.8. The number of carbonyl (C=O) groups is 2. The second-order valence-electron chi connectivity index (χ2n) is 7.58. The number of amides is 1. The molecule has 5 rings (SSSR count). The molecule has 2 aromatic rings. The van der Waals surface area contributed by atoms with E-state index in [4.69, 9.17) is 22.1 Å². The number of ketones is 1. The van der Waals surface area contributed by atoms with Gasteiger partial charge in [-0.2, -0.15) is 0 Å². The van der Waals surface area contributed by atoms with Crippen LogP contribution >= 0.6 is 11.6 Å². The quantitative estimate of drug-likeness (QED) is 0.717. The van der Waals surface area contributed by atoms with Gasteiger partial charge in [0.25, 0.3) is 0 Å².